The Morgan fingerprint density at radius 3 is 2.89 bits per heavy atom. The molecular formula is C7H6IO. The average Bonchev–Trinajstić information content (AvgIpc) is 1.88. The number of benzene rings is 1. The van der Waals surface area contributed by atoms with E-state index in [2.05, 4.69) is 28.7 Å². The first-order valence-electron chi connectivity index (χ1n) is 2.54. The summed E-state index contributed by atoms with van der Waals surface area (Å²) < 4.78 is 6.10. The summed E-state index contributed by atoms with van der Waals surface area (Å²) in [6.45, 7) is 0. The molecule has 9 heavy (non-hydrogen) atoms. The van der Waals surface area contributed by atoms with E-state index in [1.165, 1.54) is 3.57 Å². The number of halogens is 1. The second-order valence-electron chi connectivity index (χ2n) is 1.58. The summed E-state index contributed by atoms with van der Waals surface area (Å²) in [4.78, 5) is 0. The third-order valence-electron chi connectivity index (χ3n) is 0.957. The molecule has 1 aromatic rings. The number of hydrogen-bond donors (Lipinski definition) is 0. The Balaban J connectivity index is 2.94. The van der Waals surface area contributed by atoms with Gasteiger partial charge in [-0.05, 0) is 40.8 Å². The van der Waals surface area contributed by atoms with Crippen LogP contribution in [0, 0.1) is 9.64 Å². The van der Waals surface area contributed by atoms with E-state index in [1.54, 1.807) is 7.11 Å². The maximum atomic E-state index is 4.93. The smallest absolute Gasteiger partial charge is 0.127 e. The van der Waals surface area contributed by atoms with Crippen LogP contribution < -0.4 is 4.74 Å². The molecule has 0 aliphatic rings. The normalized spacial score (nSPS) is 9.11. The fourth-order valence-corrected chi connectivity index (χ4v) is 0.999. The number of hydrogen-bond acceptors (Lipinski definition) is 1. The molecular weight excluding hydrogens is 227 g/mol. The summed E-state index contributed by atoms with van der Waals surface area (Å²) in [7, 11) is 1.64. The highest BCUT2D eigenvalue weighted by Crippen LogP contribution is 2.12. The Morgan fingerprint density at radius 2 is 2.44 bits per heavy atom. The highest BCUT2D eigenvalue weighted by atomic mass is 127. The zero-order valence-corrected chi connectivity index (χ0v) is 7.18. The molecule has 0 saturated carbocycles. The molecule has 1 radical (unpaired) electrons. The van der Waals surface area contributed by atoms with Crippen molar-refractivity contribution in [2.45, 2.75) is 0 Å². The lowest BCUT2D eigenvalue weighted by atomic mass is 10.3. The van der Waals surface area contributed by atoms with E-state index in [1.807, 2.05) is 18.2 Å². The van der Waals surface area contributed by atoms with Crippen molar-refractivity contribution < 1.29 is 4.74 Å². The molecule has 0 atom stereocenters. The van der Waals surface area contributed by atoms with E-state index in [-0.39, 0.29) is 0 Å². The summed E-state index contributed by atoms with van der Waals surface area (Å²) in [5, 5.41) is 0. The third kappa shape index (κ3) is 1.86. The van der Waals surface area contributed by atoms with Crippen LogP contribution in [0.2, 0.25) is 0 Å². The van der Waals surface area contributed by atoms with Crippen LogP contribution in [0.4, 0.5) is 0 Å². The molecule has 0 heterocycles. The first-order chi connectivity index (χ1) is 4.33. The predicted molar refractivity (Wildman–Crippen MR) is 44.5 cm³/mol. The molecule has 0 N–H and O–H groups in total. The van der Waals surface area contributed by atoms with Gasteiger partial charge in [-0.1, -0.05) is 0 Å². The van der Waals surface area contributed by atoms with Gasteiger partial charge in [0.2, 0.25) is 0 Å². The van der Waals surface area contributed by atoms with Crippen LogP contribution >= 0.6 is 22.6 Å². The molecule has 0 saturated heterocycles. The minimum Gasteiger partial charge on any atom is -0.496 e. The largest absolute Gasteiger partial charge is 0.496 e. The predicted octanol–water partition coefficient (Wildman–Crippen LogP) is 2.10. The van der Waals surface area contributed by atoms with Gasteiger partial charge in [0.1, 0.15) is 5.75 Å². The lowest BCUT2D eigenvalue weighted by molar-refractivity contribution is 0.413. The molecule has 47 valence electrons. The van der Waals surface area contributed by atoms with Crippen LogP contribution in [0.25, 0.3) is 0 Å². The van der Waals surface area contributed by atoms with Gasteiger partial charge in [-0.3, -0.25) is 0 Å². The second kappa shape index (κ2) is 3.06. The van der Waals surface area contributed by atoms with Crippen LogP contribution in [-0.4, -0.2) is 7.11 Å². The zero-order valence-electron chi connectivity index (χ0n) is 5.02. The molecule has 2 heteroatoms. The monoisotopic (exact) mass is 233 g/mol. The Kier molecular flexibility index (Phi) is 2.33. The Morgan fingerprint density at radius 1 is 1.67 bits per heavy atom. The van der Waals surface area contributed by atoms with Crippen molar-refractivity contribution in [2.24, 2.45) is 0 Å². The van der Waals surface area contributed by atoms with Gasteiger partial charge in [-0.15, -0.1) is 0 Å². The first kappa shape index (κ1) is 6.86. The molecule has 0 aliphatic carbocycles. The number of methoxy groups -OCH3 is 1. The third-order valence-corrected chi connectivity index (χ3v) is 1.63. The summed E-state index contributed by atoms with van der Waals surface area (Å²) in [6, 6.07) is 8.69. The fourth-order valence-electron chi connectivity index (χ4n) is 0.536. The lowest BCUT2D eigenvalue weighted by Crippen LogP contribution is -1.81. The topological polar surface area (TPSA) is 9.23 Å². The maximum absolute atomic E-state index is 4.93. The van der Waals surface area contributed by atoms with Gasteiger partial charge >= 0.3 is 0 Å². The molecule has 0 aliphatic heterocycles. The Labute approximate surface area is 68.2 Å². The van der Waals surface area contributed by atoms with Crippen LogP contribution in [0.5, 0.6) is 5.75 Å². The van der Waals surface area contributed by atoms with Crippen LogP contribution in [0.15, 0.2) is 18.2 Å². The average molecular weight is 233 g/mol. The van der Waals surface area contributed by atoms with E-state index >= 15 is 0 Å². The van der Waals surface area contributed by atoms with Crippen molar-refractivity contribution in [2.75, 3.05) is 7.11 Å². The van der Waals surface area contributed by atoms with E-state index < -0.39 is 0 Å². The van der Waals surface area contributed by atoms with Gasteiger partial charge in [0.15, 0.2) is 0 Å². The summed E-state index contributed by atoms with van der Waals surface area (Å²) >= 11 is 2.23. The standard InChI is InChI=1S/C7H6IO/c1-9-7-4-2-3-6(8)5-7/h2-3,5H,1H3. The molecule has 1 rings (SSSR count). The van der Waals surface area contributed by atoms with Crippen molar-refractivity contribution in [3.63, 3.8) is 0 Å². The highest BCUT2D eigenvalue weighted by molar-refractivity contribution is 14.1. The van der Waals surface area contributed by atoms with Crippen LogP contribution in [0.1, 0.15) is 0 Å². The SMILES string of the molecule is COc1[c]ccc(I)c1. The van der Waals surface area contributed by atoms with Crippen molar-refractivity contribution >= 4 is 22.6 Å². The second-order valence-corrected chi connectivity index (χ2v) is 2.82. The molecule has 0 spiro atoms. The molecule has 0 aromatic heterocycles. The van der Waals surface area contributed by atoms with Gasteiger partial charge in [0.05, 0.1) is 7.11 Å². The van der Waals surface area contributed by atoms with E-state index in [4.69, 9.17) is 4.74 Å². The molecule has 1 aromatic carbocycles. The van der Waals surface area contributed by atoms with Gasteiger partial charge in [-0.25, -0.2) is 0 Å². The van der Waals surface area contributed by atoms with E-state index in [0.717, 1.165) is 5.75 Å². The Bertz CT molecular complexity index is 198. The summed E-state index contributed by atoms with van der Waals surface area (Å²) in [6.07, 6.45) is 0. The van der Waals surface area contributed by atoms with Gasteiger partial charge < -0.3 is 4.74 Å². The number of rotatable bonds is 1. The summed E-state index contributed by atoms with van der Waals surface area (Å²) in [5.41, 5.74) is 0. The minimum atomic E-state index is 0.793. The van der Waals surface area contributed by atoms with Crippen LogP contribution in [0.3, 0.4) is 0 Å². The van der Waals surface area contributed by atoms with Gasteiger partial charge in [0, 0.05) is 9.64 Å². The van der Waals surface area contributed by atoms with Crippen molar-refractivity contribution in [1.82, 2.24) is 0 Å². The minimum absolute atomic E-state index is 0.793. The summed E-state index contributed by atoms with van der Waals surface area (Å²) in [5.74, 6) is 0.793. The van der Waals surface area contributed by atoms with Gasteiger partial charge in [-0.2, -0.15) is 0 Å². The van der Waals surface area contributed by atoms with Crippen molar-refractivity contribution in [3.05, 3.63) is 27.8 Å². The number of ether oxygens (including phenoxy) is 1. The molecule has 0 fully saturated rings. The Hall–Kier alpha value is -0.250. The van der Waals surface area contributed by atoms with Crippen molar-refractivity contribution in [1.29, 1.82) is 0 Å². The fraction of sp³-hybridized carbons (Fsp3) is 0.143. The van der Waals surface area contributed by atoms with E-state index in [9.17, 15) is 0 Å². The first-order valence-corrected chi connectivity index (χ1v) is 3.62. The lowest BCUT2D eigenvalue weighted by Gasteiger charge is -1.96. The zero-order chi connectivity index (χ0) is 6.69. The maximum Gasteiger partial charge on any atom is 0.127 e. The van der Waals surface area contributed by atoms with E-state index in [0.29, 0.717) is 0 Å². The quantitative estimate of drug-likeness (QED) is 0.675. The molecule has 1 nitrogen and oxygen atoms in total. The molecule has 0 bridgehead atoms. The van der Waals surface area contributed by atoms with Crippen LogP contribution in [-0.2, 0) is 0 Å². The highest BCUT2D eigenvalue weighted by Gasteiger charge is 1.88. The molecule has 0 amide bonds. The molecule has 0 unspecified atom stereocenters. The van der Waals surface area contributed by atoms with Gasteiger partial charge in [0.25, 0.3) is 0 Å². The van der Waals surface area contributed by atoms with Crippen molar-refractivity contribution in [3.8, 4) is 5.75 Å².